The average molecular weight is 362 g/mol. The summed E-state index contributed by atoms with van der Waals surface area (Å²) in [5.41, 5.74) is 8.13. The number of anilines is 1. The Balaban J connectivity index is 1.32. The first-order valence-corrected chi connectivity index (χ1v) is 8.99. The smallest absolute Gasteiger partial charge is 0.250 e. The van der Waals surface area contributed by atoms with Crippen molar-refractivity contribution >= 4 is 11.7 Å². The molecule has 1 aliphatic heterocycles. The molecule has 0 radical (unpaired) electrons. The molecule has 0 bridgehead atoms. The molecule has 27 heavy (non-hydrogen) atoms. The highest BCUT2D eigenvalue weighted by Crippen LogP contribution is 2.16. The van der Waals surface area contributed by atoms with Gasteiger partial charge >= 0.3 is 0 Å². The third-order valence-electron chi connectivity index (χ3n) is 4.87. The molecule has 0 saturated carbocycles. The summed E-state index contributed by atoms with van der Waals surface area (Å²) in [5.74, 6) is 0.447. The van der Waals surface area contributed by atoms with Crippen LogP contribution in [-0.2, 0) is 6.54 Å². The highest BCUT2D eigenvalue weighted by molar-refractivity contribution is 5.92. The molecule has 1 aliphatic rings. The molecule has 2 aromatic heterocycles. The van der Waals surface area contributed by atoms with Gasteiger partial charge in [0.2, 0.25) is 5.91 Å². The minimum atomic E-state index is -0.446. The molecular formula is C20H22N6O. The summed E-state index contributed by atoms with van der Waals surface area (Å²) in [5, 5.41) is 0. The van der Waals surface area contributed by atoms with E-state index in [1.54, 1.807) is 24.8 Å². The lowest BCUT2D eigenvalue weighted by atomic mass is 10.1. The van der Waals surface area contributed by atoms with E-state index in [9.17, 15) is 4.79 Å². The molecule has 7 nitrogen and oxygen atoms in total. The van der Waals surface area contributed by atoms with E-state index in [0.717, 1.165) is 44.2 Å². The summed E-state index contributed by atoms with van der Waals surface area (Å²) in [6.07, 6.45) is 7.08. The van der Waals surface area contributed by atoms with Gasteiger partial charge in [0.1, 0.15) is 5.82 Å². The first-order valence-electron chi connectivity index (χ1n) is 8.99. The summed E-state index contributed by atoms with van der Waals surface area (Å²) in [6.45, 7) is 4.71. The largest absolute Gasteiger partial charge is 0.366 e. The van der Waals surface area contributed by atoms with E-state index in [4.69, 9.17) is 5.73 Å². The Labute approximate surface area is 158 Å². The van der Waals surface area contributed by atoms with Crippen molar-refractivity contribution in [2.75, 3.05) is 31.1 Å². The highest BCUT2D eigenvalue weighted by Gasteiger charge is 2.18. The molecular weight excluding hydrogens is 340 g/mol. The molecule has 1 amide bonds. The Morgan fingerprint density at radius 3 is 2.41 bits per heavy atom. The Morgan fingerprint density at radius 2 is 1.81 bits per heavy atom. The Morgan fingerprint density at radius 1 is 1.04 bits per heavy atom. The van der Waals surface area contributed by atoms with Crippen LogP contribution in [0.1, 0.15) is 15.9 Å². The van der Waals surface area contributed by atoms with Crippen molar-refractivity contribution in [1.29, 1.82) is 0 Å². The standard InChI is InChI=1S/C20H22N6O/c21-20(27)17-3-6-19(23-13-17)25-11-9-24(10-12-25)14-16-1-4-18(5-2-16)26-8-7-22-15-26/h1-8,13,15H,9-12,14H2,(H2,21,27). The summed E-state index contributed by atoms with van der Waals surface area (Å²) in [6, 6.07) is 12.2. The number of primary amides is 1. The van der Waals surface area contributed by atoms with Crippen molar-refractivity contribution in [3.8, 4) is 5.69 Å². The van der Waals surface area contributed by atoms with Gasteiger partial charge in [-0.2, -0.15) is 0 Å². The Kier molecular flexibility index (Phi) is 4.84. The topological polar surface area (TPSA) is 80.3 Å². The lowest BCUT2D eigenvalue weighted by Crippen LogP contribution is -2.46. The number of piperazine rings is 1. The van der Waals surface area contributed by atoms with Crippen LogP contribution >= 0.6 is 0 Å². The molecule has 1 aromatic carbocycles. The molecule has 3 heterocycles. The van der Waals surface area contributed by atoms with Gasteiger partial charge in [-0.15, -0.1) is 0 Å². The van der Waals surface area contributed by atoms with Gasteiger partial charge in [0, 0.05) is 57.0 Å². The number of pyridine rings is 1. The molecule has 3 aromatic rings. The Bertz CT molecular complexity index is 881. The number of benzene rings is 1. The third kappa shape index (κ3) is 3.98. The summed E-state index contributed by atoms with van der Waals surface area (Å²) in [7, 11) is 0. The molecule has 1 fully saturated rings. The molecule has 7 heteroatoms. The third-order valence-corrected chi connectivity index (χ3v) is 4.87. The SMILES string of the molecule is NC(=O)c1ccc(N2CCN(Cc3ccc(-n4ccnc4)cc3)CC2)nc1. The van der Waals surface area contributed by atoms with Crippen LogP contribution in [-0.4, -0.2) is 51.5 Å². The average Bonchev–Trinajstić information content (AvgIpc) is 3.24. The number of amides is 1. The monoisotopic (exact) mass is 362 g/mol. The van der Waals surface area contributed by atoms with Crippen LogP contribution < -0.4 is 10.6 Å². The maximum atomic E-state index is 11.2. The molecule has 0 aliphatic carbocycles. The fourth-order valence-corrected chi connectivity index (χ4v) is 3.30. The van der Waals surface area contributed by atoms with Gasteiger partial charge in [0.15, 0.2) is 0 Å². The van der Waals surface area contributed by atoms with Gasteiger partial charge in [-0.1, -0.05) is 12.1 Å². The summed E-state index contributed by atoms with van der Waals surface area (Å²) < 4.78 is 2.00. The second-order valence-electron chi connectivity index (χ2n) is 6.67. The number of hydrogen-bond donors (Lipinski definition) is 1. The van der Waals surface area contributed by atoms with Crippen molar-refractivity contribution < 1.29 is 4.79 Å². The van der Waals surface area contributed by atoms with Crippen LogP contribution in [0.5, 0.6) is 0 Å². The van der Waals surface area contributed by atoms with Crippen LogP contribution in [0.3, 0.4) is 0 Å². The van der Waals surface area contributed by atoms with E-state index in [1.807, 2.05) is 16.8 Å². The predicted octanol–water partition coefficient (Wildman–Crippen LogP) is 1.69. The van der Waals surface area contributed by atoms with Crippen molar-refractivity contribution in [3.63, 3.8) is 0 Å². The van der Waals surface area contributed by atoms with Crippen LogP contribution in [0, 0.1) is 0 Å². The van der Waals surface area contributed by atoms with E-state index in [-0.39, 0.29) is 0 Å². The van der Waals surface area contributed by atoms with Gasteiger partial charge in [0.05, 0.1) is 11.9 Å². The van der Waals surface area contributed by atoms with Gasteiger partial charge in [-0.3, -0.25) is 9.69 Å². The zero-order valence-corrected chi connectivity index (χ0v) is 15.0. The van der Waals surface area contributed by atoms with Crippen molar-refractivity contribution in [2.24, 2.45) is 5.73 Å². The van der Waals surface area contributed by atoms with Crippen molar-refractivity contribution in [1.82, 2.24) is 19.4 Å². The molecule has 0 unspecified atom stereocenters. The predicted molar refractivity (Wildman–Crippen MR) is 104 cm³/mol. The van der Waals surface area contributed by atoms with Gasteiger partial charge in [-0.05, 0) is 29.8 Å². The quantitative estimate of drug-likeness (QED) is 0.747. The number of hydrogen-bond acceptors (Lipinski definition) is 5. The second-order valence-corrected chi connectivity index (χ2v) is 6.67. The van der Waals surface area contributed by atoms with Crippen molar-refractivity contribution in [2.45, 2.75) is 6.54 Å². The number of carbonyl (C=O) groups excluding carboxylic acids is 1. The van der Waals surface area contributed by atoms with E-state index in [1.165, 1.54) is 5.56 Å². The van der Waals surface area contributed by atoms with Crippen LogP contribution in [0.4, 0.5) is 5.82 Å². The number of carbonyl (C=O) groups is 1. The molecule has 138 valence electrons. The number of aromatic nitrogens is 3. The fraction of sp³-hybridized carbons (Fsp3) is 0.250. The summed E-state index contributed by atoms with van der Waals surface area (Å²) in [4.78, 5) is 24.3. The molecule has 0 spiro atoms. The van der Waals surface area contributed by atoms with Crippen LogP contribution in [0.2, 0.25) is 0 Å². The van der Waals surface area contributed by atoms with E-state index in [0.29, 0.717) is 5.56 Å². The summed E-state index contributed by atoms with van der Waals surface area (Å²) >= 11 is 0. The van der Waals surface area contributed by atoms with Crippen molar-refractivity contribution in [3.05, 3.63) is 72.4 Å². The minimum Gasteiger partial charge on any atom is -0.366 e. The first kappa shape index (κ1) is 17.2. The fourth-order valence-electron chi connectivity index (χ4n) is 3.30. The lowest BCUT2D eigenvalue weighted by Gasteiger charge is -2.35. The maximum absolute atomic E-state index is 11.2. The maximum Gasteiger partial charge on any atom is 0.250 e. The molecule has 2 N–H and O–H groups in total. The van der Waals surface area contributed by atoms with E-state index < -0.39 is 5.91 Å². The number of nitrogens with two attached hydrogens (primary N) is 1. The molecule has 4 rings (SSSR count). The van der Waals surface area contributed by atoms with Gasteiger partial charge < -0.3 is 15.2 Å². The Hall–Kier alpha value is -3.19. The van der Waals surface area contributed by atoms with Gasteiger partial charge in [-0.25, -0.2) is 9.97 Å². The second kappa shape index (κ2) is 7.59. The van der Waals surface area contributed by atoms with E-state index in [2.05, 4.69) is 44.0 Å². The number of rotatable bonds is 5. The molecule has 1 saturated heterocycles. The van der Waals surface area contributed by atoms with Crippen LogP contribution in [0.25, 0.3) is 5.69 Å². The molecule has 0 atom stereocenters. The van der Waals surface area contributed by atoms with Gasteiger partial charge in [0.25, 0.3) is 0 Å². The normalized spacial score (nSPS) is 15.0. The zero-order chi connectivity index (χ0) is 18.6. The lowest BCUT2D eigenvalue weighted by molar-refractivity contribution is 0.1000. The van der Waals surface area contributed by atoms with E-state index >= 15 is 0 Å². The zero-order valence-electron chi connectivity index (χ0n) is 15.0. The van der Waals surface area contributed by atoms with Crippen LogP contribution in [0.15, 0.2) is 61.3 Å². The first-order chi connectivity index (χ1) is 13.2. The highest BCUT2D eigenvalue weighted by atomic mass is 16.1. The number of imidazole rings is 1. The number of nitrogens with zero attached hydrogens (tertiary/aromatic N) is 5. The minimum absolute atomic E-state index is 0.441.